The Morgan fingerprint density at radius 3 is 2.87 bits per heavy atom. The molecule has 2 aromatic heterocycles. The van der Waals surface area contributed by atoms with Crippen LogP contribution >= 0.6 is 0 Å². The number of aromatic nitrogens is 3. The molecule has 1 aliphatic rings. The van der Waals surface area contributed by atoms with Gasteiger partial charge in [0.15, 0.2) is 5.82 Å². The zero-order chi connectivity index (χ0) is 21.8. The largest absolute Gasteiger partial charge is 0.385 e. The molecule has 0 aliphatic carbocycles. The molecule has 1 aromatic carbocycles. The summed E-state index contributed by atoms with van der Waals surface area (Å²) >= 11 is 0. The molecule has 0 spiro atoms. The van der Waals surface area contributed by atoms with Crippen molar-refractivity contribution in [2.75, 3.05) is 26.8 Å². The maximum Gasteiger partial charge on any atom is 0.259 e. The minimum absolute atomic E-state index is 0.0422. The van der Waals surface area contributed by atoms with Crippen molar-refractivity contribution in [3.8, 4) is 11.5 Å². The van der Waals surface area contributed by atoms with Gasteiger partial charge >= 0.3 is 0 Å². The number of likely N-dealkylation sites (tertiary alicyclic amines) is 1. The van der Waals surface area contributed by atoms with Gasteiger partial charge in [0.1, 0.15) is 0 Å². The number of pyridine rings is 1. The molecule has 0 bridgehead atoms. The standard InChI is InChI=1S/C24H28N4O3/c1-17-7-8-19(14-18(17)2)22(29)28-12-5-9-24(16-28,10-13-30-3)23-26-21(31-27-23)20-6-4-11-25-15-20/h4,6-8,11,14-15H,5,9-10,12-13,16H2,1-3H3. The molecule has 1 aliphatic heterocycles. The fraction of sp³-hybridized carbons (Fsp3) is 0.417. The Labute approximate surface area is 182 Å². The van der Waals surface area contributed by atoms with E-state index in [2.05, 4.69) is 17.1 Å². The Kier molecular flexibility index (Phi) is 6.13. The third-order valence-corrected chi connectivity index (χ3v) is 6.21. The minimum atomic E-state index is -0.409. The minimum Gasteiger partial charge on any atom is -0.385 e. The molecule has 1 atom stereocenters. The molecule has 1 saturated heterocycles. The van der Waals surface area contributed by atoms with Gasteiger partial charge in [-0.15, -0.1) is 0 Å². The SMILES string of the molecule is COCCC1(c2noc(-c3cccnc3)n2)CCCN(C(=O)c2ccc(C)c(C)c2)C1. The van der Waals surface area contributed by atoms with Crippen LogP contribution in [-0.2, 0) is 10.2 Å². The van der Waals surface area contributed by atoms with Crippen LogP contribution in [0.15, 0.2) is 47.2 Å². The van der Waals surface area contributed by atoms with Gasteiger partial charge in [-0.1, -0.05) is 11.2 Å². The van der Waals surface area contributed by atoms with Gasteiger partial charge in [0.2, 0.25) is 0 Å². The van der Waals surface area contributed by atoms with Crippen LogP contribution < -0.4 is 0 Å². The van der Waals surface area contributed by atoms with E-state index in [9.17, 15) is 4.79 Å². The number of carbonyl (C=O) groups excluding carboxylic acids is 1. The Morgan fingerprint density at radius 2 is 2.13 bits per heavy atom. The lowest BCUT2D eigenvalue weighted by Crippen LogP contribution is -2.49. The summed E-state index contributed by atoms with van der Waals surface area (Å²) in [5, 5.41) is 4.33. The molecule has 31 heavy (non-hydrogen) atoms. The number of methoxy groups -OCH3 is 1. The highest BCUT2D eigenvalue weighted by atomic mass is 16.5. The molecule has 0 radical (unpaired) electrons. The molecule has 1 unspecified atom stereocenters. The Balaban J connectivity index is 1.63. The number of aryl methyl sites for hydroxylation is 2. The summed E-state index contributed by atoms with van der Waals surface area (Å²) in [5.74, 6) is 1.11. The van der Waals surface area contributed by atoms with Gasteiger partial charge in [-0.2, -0.15) is 4.98 Å². The number of hydrogen-bond acceptors (Lipinski definition) is 6. The smallest absolute Gasteiger partial charge is 0.259 e. The van der Waals surface area contributed by atoms with Gasteiger partial charge in [0, 0.05) is 44.8 Å². The zero-order valence-electron chi connectivity index (χ0n) is 18.3. The van der Waals surface area contributed by atoms with Gasteiger partial charge in [-0.3, -0.25) is 9.78 Å². The Hall–Kier alpha value is -3.06. The van der Waals surface area contributed by atoms with Crippen LogP contribution in [-0.4, -0.2) is 52.7 Å². The van der Waals surface area contributed by atoms with E-state index in [1.165, 1.54) is 5.56 Å². The zero-order valence-corrected chi connectivity index (χ0v) is 18.3. The highest BCUT2D eigenvalue weighted by Gasteiger charge is 2.42. The monoisotopic (exact) mass is 420 g/mol. The molecule has 162 valence electrons. The molecule has 0 N–H and O–H groups in total. The second-order valence-corrected chi connectivity index (χ2v) is 8.32. The van der Waals surface area contributed by atoms with Gasteiger partial charge in [-0.25, -0.2) is 0 Å². The third-order valence-electron chi connectivity index (χ3n) is 6.21. The summed E-state index contributed by atoms with van der Waals surface area (Å²) in [6.45, 7) is 5.89. The maximum absolute atomic E-state index is 13.3. The summed E-state index contributed by atoms with van der Waals surface area (Å²) in [5.41, 5.74) is 3.39. The summed E-state index contributed by atoms with van der Waals surface area (Å²) in [7, 11) is 1.69. The Morgan fingerprint density at radius 1 is 1.26 bits per heavy atom. The van der Waals surface area contributed by atoms with E-state index in [-0.39, 0.29) is 5.91 Å². The highest BCUT2D eigenvalue weighted by molar-refractivity contribution is 5.94. The number of piperidine rings is 1. The summed E-state index contributed by atoms with van der Waals surface area (Å²) < 4.78 is 11.0. The molecule has 1 fully saturated rings. The lowest BCUT2D eigenvalue weighted by molar-refractivity contribution is 0.0567. The average molecular weight is 421 g/mol. The predicted octanol–water partition coefficient (Wildman–Crippen LogP) is 3.96. The van der Waals surface area contributed by atoms with E-state index < -0.39 is 5.41 Å². The summed E-state index contributed by atoms with van der Waals surface area (Å²) in [6, 6.07) is 9.61. The molecule has 1 amide bonds. The van der Waals surface area contributed by atoms with E-state index in [1.807, 2.05) is 42.2 Å². The second-order valence-electron chi connectivity index (χ2n) is 8.32. The van der Waals surface area contributed by atoms with Gasteiger partial charge in [-0.05, 0) is 68.5 Å². The van der Waals surface area contributed by atoms with E-state index in [1.54, 1.807) is 19.5 Å². The Bertz CT molecular complexity index is 1050. The molecule has 7 nitrogen and oxygen atoms in total. The number of ether oxygens (including phenoxy) is 1. The molecule has 4 rings (SSSR count). The molecule has 0 saturated carbocycles. The van der Waals surface area contributed by atoms with Crippen molar-refractivity contribution in [3.05, 3.63) is 65.2 Å². The van der Waals surface area contributed by atoms with Crippen molar-refractivity contribution in [1.82, 2.24) is 20.0 Å². The van der Waals surface area contributed by atoms with Crippen LogP contribution in [0.2, 0.25) is 0 Å². The van der Waals surface area contributed by atoms with Crippen LogP contribution in [0.4, 0.5) is 0 Å². The van der Waals surface area contributed by atoms with Crippen LogP contribution in [0.3, 0.4) is 0 Å². The first-order valence-electron chi connectivity index (χ1n) is 10.6. The molecular weight excluding hydrogens is 392 g/mol. The van der Waals surface area contributed by atoms with E-state index in [0.29, 0.717) is 37.8 Å². The molecular formula is C24H28N4O3. The van der Waals surface area contributed by atoms with Crippen molar-refractivity contribution < 1.29 is 14.1 Å². The van der Waals surface area contributed by atoms with Crippen molar-refractivity contribution in [3.63, 3.8) is 0 Å². The second kappa shape index (κ2) is 8.98. The number of benzene rings is 1. The van der Waals surface area contributed by atoms with Crippen LogP contribution in [0.5, 0.6) is 0 Å². The van der Waals surface area contributed by atoms with Crippen molar-refractivity contribution >= 4 is 5.91 Å². The van der Waals surface area contributed by atoms with E-state index in [4.69, 9.17) is 14.2 Å². The van der Waals surface area contributed by atoms with Gasteiger partial charge in [0.25, 0.3) is 11.8 Å². The van der Waals surface area contributed by atoms with Crippen LogP contribution in [0.25, 0.3) is 11.5 Å². The molecule has 3 heterocycles. The van der Waals surface area contributed by atoms with E-state index >= 15 is 0 Å². The average Bonchev–Trinajstić information content (AvgIpc) is 3.31. The number of amides is 1. The third kappa shape index (κ3) is 4.37. The number of rotatable bonds is 6. The number of carbonyl (C=O) groups is 1. The van der Waals surface area contributed by atoms with Crippen LogP contribution in [0.1, 0.15) is 46.6 Å². The number of nitrogens with zero attached hydrogens (tertiary/aromatic N) is 4. The van der Waals surface area contributed by atoms with Crippen molar-refractivity contribution in [2.45, 2.75) is 38.5 Å². The normalized spacial score (nSPS) is 18.9. The van der Waals surface area contributed by atoms with E-state index in [0.717, 1.165) is 29.5 Å². The van der Waals surface area contributed by atoms with Crippen LogP contribution in [0, 0.1) is 13.8 Å². The maximum atomic E-state index is 13.3. The first-order chi connectivity index (χ1) is 15.0. The first kappa shape index (κ1) is 21.2. The quantitative estimate of drug-likeness (QED) is 0.600. The summed E-state index contributed by atoms with van der Waals surface area (Å²) in [6.07, 6.45) is 5.87. The fourth-order valence-corrected chi connectivity index (χ4v) is 4.20. The predicted molar refractivity (Wildman–Crippen MR) is 117 cm³/mol. The summed E-state index contributed by atoms with van der Waals surface area (Å²) in [4.78, 5) is 24.1. The van der Waals surface area contributed by atoms with Gasteiger partial charge in [0.05, 0.1) is 11.0 Å². The lowest BCUT2D eigenvalue weighted by atomic mass is 9.76. The van der Waals surface area contributed by atoms with Crippen molar-refractivity contribution in [1.29, 1.82) is 0 Å². The van der Waals surface area contributed by atoms with Gasteiger partial charge < -0.3 is 14.2 Å². The first-order valence-corrected chi connectivity index (χ1v) is 10.6. The molecule has 3 aromatic rings. The highest BCUT2D eigenvalue weighted by Crippen LogP contribution is 2.37. The topological polar surface area (TPSA) is 81.3 Å². The fourth-order valence-electron chi connectivity index (χ4n) is 4.20. The lowest BCUT2D eigenvalue weighted by Gasteiger charge is -2.41. The molecule has 7 heteroatoms. The van der Waals surface area contributed by atoms with Crippen molar-refractivity contribution in [2.24, 2.45) is 0 Å². The number of hydrogen-bond donors (Lipinski definition) is 0.